The molecular weight excluding hydrogens is 233 g/mol. The van der Waals surface area contributed by atoms with E-state index in [1.54, 1.807) is 13.0 Å². The van der Waals surface area contributed by atoms with Gasteiger partial charge in [-0.15, -0.1) is 0 Å². The number of hydrogen-bond acceptors (Lipinski definition) is 3. The summed E-state index contributed by atoms with van der Waals surface area (Å²) in [5.74, 6) is -0.347. The van der Waals surface area contributed by atoms with Crippen molar-refractivity contribution in [3.8, 4) is 0 Å². The Morgan fingerprint density at radius 3 is 2.44 bits per heavy atom. The molecule has 1 aromatic carbocycles. The lowest BCUT2D eigenvalue weighted by molar-refractivity contribution is 0.199. The van der Waals surface area contributed by atoms with Crippen LogP contribution in [0.25, 0.3) is 0 Å². The number of hydrogen-bond donors (Lipinski definition) is 2. The van der Waals surface area contributed by atoms with E-state index in [0.717, 1.165) is 5.69 Å². The van der Waals surface area contributed by atoms with Crippen molar-refractivity contribution in [2.75, 3.05) is 18.1 Å². The van der Waals surface area contributed by atoms with Crippen molar-refractivity contribution in [3.63, 3.8) is 0 Å². The Labute approximate surface area is 108 Å². The average Bonchev–Trinajstić information content (AvgIpc) is 2.30. The molecule has 0 amide bonds. The number of rotatable bonds is 6. The Hall–Kier alpha value is -1.13. The molecule has 4 heteroatoms. The Balaban J connectivity index is 3.10. The molecule has 0 aliphatic heterocycles. The summed E-state index contributed by atoms with van der Waals surface area (Å²) in [7, 11) is 0. The van der Waals surface area contributed by atoms with Gasteiger partial charge < -0.3 is 15.1 Å². The van der Waals surface area contributed by atoms with Crippen LogP contribution in [0.2, 0.25) is 0 Å². The Kier molecular flexibility index (Phi) is 5.56. The summed E-state index contributed by atoms with van der Waals surface area (Å²) in [6, 6.07) is 4.68. The van der Waals surface area contributed by atoms with Gasteiger partial charge in [0.15, 0.2) is 0 Å². The van der Waals surface area contributed by atoms with Gasteiger partial charge in [-0.05, 0) is 45.4 Å². The fraction of sp³-hybridized carbons (Fsp3) is 0.571. The summed E-state index contributed by atoms with van der Waals surface area (Å²) in [6.45, 7) is 6.50. The van der Waals surface area contributed by atoms with Gasteiger partial charge >= 0.3 is 0 Å². The van der Waals surface area contributed by atoms with Gasteiger partial charge in [0, 0.05) is 30.4 Å². The van der Waals surface area contributed by atoms with Gasteiger partial charge in [0.25, 0.3) is 0 Å². The molecule has 1 rings (SSSR count). The molecule has 1 atom stereocenters. The van der Waals surface area contributed by atoms with Crippen molar-refractivity contribution in [3.05, 3.63) is 29.6 Å². The minimum Gasteiger partial charge on any atom is -0.396 e. The van der Waals surface area contributed by atoms with Gasteiger partial charge in [-0.1, -0.05) is 0 Å². The van der Waals surface area contributed by atoms with E-state index in [-0.39, 0.29) is 18.5 Å². The molecule has 0 aliphatic carbocycles. The fourth-order valence-corrected chi connectivity index (χ4v) is 2.02. The molecule has 0 radical (unpaired) electrons. The topological polar surface area (TPSA) is 43.7 Å². The normalized spacial score (nSPS) is 12.8. The number of aliphatic hydroxyl groups is 2. The minimum absolute atomic E-state index is 0.119. The standard InChI is InChI=1S/C14H22FNO2/c1-10(2)16(7-4-8-17)14-6-5-12(15)9-13(14)11(3)18/h5-6,9-11,17-18H,4,7-8H2,1-3H3/t11-/m1/s1. The molecule has 0 saturated heterocycles. The second kappa shape index (κ2) is 6.71. The van der Waals surface area contributed by atoms with Crippen LogP contribution < -0.4 is 4.90 Å². The monoisotopic (exact) mass is 255 g/mol. The molecule has 0 spiro atoms. The summed E-state index contributed by atoms with van der Waals surface area (Å²) in [4.78, 5) is 2.07. The quantitative estimate of drug-likeness (QED) is 0.820. The highest BCUT2D eigenvalue weighted by molar-refractivity contribution is 5.55. The van der Waals surface area contributed by atoms with E-state index in [1.807, 2.05) is 13.8 Å². The van der Waals surface area contributed by atoms with Crippen molar-refractivity contribution in [1.29, 1.82) is 0 Å². The van der Waals surface area contributed by atoms with Crippen molar-refractivity contribution in [2.45, 2.75) is 39.3 Å². The molecule has 1 aromatic rings. The molecule has 0 heterocycles. The first-order valence-electron chi connectivity index (χ1n) is 6.32. The van der Waals surface area contributed by atoms with E-state index in [1.165, 1.54) is 12.1 Å². The van der Waals surface area contributed by atoms with E-state index >= 15 is 0 Å². The zero-order valence-corrected chi connectivity index (χ0v) is 11.2. The lowest BCUT2D eigenvalue weighted by atomic mass is 10.1. The maximum absolute atomic E-state index is 13.3. The summed E-state index contributed by atoms with van der Waals surface area (Å²) in [6.07, 6.45) is -0.0690. The number of nitrogens with zero attached hydrogens (tertiary/aromatic N) is 1. The van der Waals surface area contributed by atoms with Gasteiger partial charge in [0.2, 0.25) is 0 Å². The minimum atomic E-state index is -0.717. The summed E-state index contributed by atoms with van der Waals surface area (Å²) in [5.41, 5.74) is 1.41. The third kappa shape index (κ3) is 3.68. The highest BCUT2D eigenvalue weighted by Gasteiger charge is 2.17. The number of aliphatic hydroxyl groups excluding tert-OH is 2. The van der Waals surface area contributed by atoms with Gasteiger partial charge in [0.1, 0.15) is 5.82 Å². The third-order valence-corrected chi connectivity index (χ3v) is 2.93. The molecule has 3 nitrogen and oxygen atoms in total. The molecule has 0 bridgehead atoms. The molecule has 2 N–H and O–H groups in total. The zero-order chi connectivity index (χ0) is 13.7. The molecular formula is C14H22FNO2. The predicted molar refractivity (Wildman–Crippen MR) is 71.2 cm³/mol. The van der Waals surface area contributed by atoms with Crippen molar-refractivity contribution in [2.24, 2.45) is 0 Å². The Bertz CT molecular complexity index is 380. The zero-order valence-electron chi connectivity index (χ0n) is 11.2. The van der Waals surface area contributed by atoms with Crippen molar-refractivity contribution in [1.82, 2.24) is 0 Å². The van der Waals surface area contributed by atoms with Crippen LogP contribution in [-0.2, 0) is 0 Å². The van der Waals surface area contributed by atoms with Crippen LogP contribution in [0.15, 0.2) is 18.2 Å². The van der Waals surface area contributed by atoms with Gasteiger partial charge in [0.05, 0.1) is 6.10 Å². The highest BCUT2D eigenvalue weighted by Crippen LogP contribution is 2.28. The van der Waals surface area contributed by atoms with Crippen LogP contribution in [-0.4, -0.2) is 29.4 Å². The van der Waals surface area contributed by atoms with E-state index in [9.17, 15) is 9.50 Å². The second-order valence-electron chi connectivity index (χ2n) is 4.74. The SMILES string of the molecule is CC(C)N(CCCO)c1ccc(F)cc1[C@@H](C)O. The highest BCUT2D eigenvalue weighted by atomic mass is 19.1. The van der Waals surface area contributed by atoms with E-state index in [0.29, 0.717) is 18.5 Å². The van der Waals surface area contributed by atoms with Crippen LogP contribution in [0.5, 0.6) is 0 Å². The number of benzene rings is 1. The summed E-state index contributed by atoms with van der Waals surface area (Å²) < 4.78 is 13.3. The summed E-state index contributed by atoms with van der Waals surface area (Å²) >= 11 is 0. The lowest BCUT2D eigenvalue weighted by Crippen LogP contribution is -2.33. The van der Waals surface area contributed by atoms with Crippen LogP contribution in [0.1, 0.15) is 38.9 Å². The van der Waals surface area contributed by atoms with E-state index in [2.05, 4.69) is 4.90 Å². The van der Waals surface area contributed by atoms with Gasteiger partial charge in [-0.2, -0.15) is 0 Å². The van der Waals surface area contributed by atoms with Gasteiger partial charge in [-0.25, -0.2) is 4.39 Å². The van der Waals surface area contributed by atoms with Crippen molar-refractivity contribution >= 4 is 5.69 Å². The predicted octanol–water partition coefficient (Wildman–Crippen LogP) is 2.48. The van der Waals surface area contributed by atoms with Crippen LogP contribution in [0, 0.1) is 5.82 Å². The summed E-state index contributed by atoms with van der Waals surface area (Å²) in [5, 5.41) is 18.7. The molecule has 102 valence electrons. The molecule has 0 aliphatic rings. The second-order valence-corrected chi connectivity index (χ2v) is 4.74. The maximum Gasteiger partial charge on any atom is 0.123 e. The first-order chi connectivity index (χ1) is 8.47. The largest absolute Gasteiger partial charge is 0.396 e. The van der Waals surface area contributed by atoms with Crippen molar-refractivity contribution < 1.29 is 14.6 Å². The van der Waals surface area contributed by atoms with Crippen LogP contribution >= 0.6 is 0 Å². The smallest absolute Gasteiger partial charge is 0.123 e. The number of halogens is 1. The Morgan fingerprint density at radius 1 is 1.28 bits per heavy atom. The molecule has 0 aromatic heterocycles. The van der Waals surface area contributed by atoms with Crippen LogP contribution in [0.4, 0.5) is 10.1 Å². The van der Waals surface area contributed by atoms with Crippen LogP contribution in [0.3, 0.4) is 0 Å². The van der Waals surface area contributed by atoms with E-state index in [4.69, 9.17) is 5.11 Å². The molecule has 18 heavy (non-hydrogen) atoms. The average molecular weight is 255 g/mol. The maximum atomic E-state index is 13.3. The number of anilines is 1. The lowest BCUT2D eigenvalue weighted by Gasteiger charge is -2.31. The fourth-order valence-electron chi connectivity index (χ4n) is 2.02. The molecule has 0 fully saturated rings. The Morgan fingerprint density at radius 2 is 1.94 bits per heavy atom. The van der Waals surface area contributed by atoms with Gasteiger partial charge in [-0.3, -0.25) is 0 Å². The third-order valence-electron chi connectivity index (χ3n) is 2.93. The molecule has 0 saturated carbocycles. The first kappa shape index (κ1) is 14.9. The first-order valence-corrected chi connectivity index (χ1v) is 6.32. The molecule has 0 unspecified atom stereocenters. The van der Waals surface area contributed by atoms with E-state index < -0.39 is 6.10 Å².